The molecule has 4 rings (SSSR count). The van der Waals surface area contributed by atoms with Crippen LogP contribution in [0.4, 0.5) is 0 Å². The number of hydrogen-bond donors (Lipinski definition) is 1. The number of hydrogen-bond acceptors (Lipinski definition) is 5. The predicted octanol–water partition coefficient (Wildman–Crippen LogP) is 3.52. The van der Waals surface area contributed by atoms with Crippen LogP contribution < -0.4 is 20.3 Å². The first-order valence-corrected chi connectivity index (χ1v) is 11.1. The normalized spacial score (nSPS) is 26.2. The Bertz CT molecular complexity index is 1060. The minimum Gasteiger partial charge on any atom is -0.493 e. The summed E-state index contributed by atoms with van der Waals surface area (Å²) in [7, 11) is 3.09. The van der Waals surface area contributed by atoms with Crippen molar-refractivity contribution in [2.75, 3.05) is 14.2 Å². The Kier molecular flexibility index (Phi) is 5.48. The van der Waals surface area contributed by atoms with Gasteiger partial charge in [0.1, 0.15) is 0 Å². The van der Waals surface area contributed by atoms with Crippen LogP contribution in [0.5, 0.6) is 11.5 Å². The third-order valence-corrected chi connectivity index (χ3v) is 8.26. The Balaban J connectivity index is 1.39. The Labute approximate surface area is 183 Å². The first-order valence-electron chi connectivity index (χ1n) is 11.1. The zero-order valence-corrected chi connectivity index (χ0v) is 19.2. The fourth-order valence-corrected chi connectivity index (χ4v) is 5.74. The molecular formula is C24H33N3O4. The molecule has 2 bridgehead atoms. The fourth-order valence-electron chi connectivity index (χ4n) is 5.74. The maximum atomic E-state index is 12.9. The van der Waals surface area contributed by atoms with Gasteiger partial charge < -0.3 is 14.8 Å². The number of benzene rings is 1. The molecule has 1 aromatic heterocycles. The number of methoxy groups -OCH3 is 2. The highest BCUT2D eigenvalue weighted by Crippen LogP contribution is 2.65. The average molecular weight is 428 g/mol. The van der Waals surface area contributed by atoms with Crippen LogP contribution in [0.2, 0.25) is 0 Å². The van der Waals surface area contributed by atoms with Crippen molar-refractivity contribution >= 4 is 16.8 Å². The SMILES string of the molecule is COc1cc2ncn(CCCC(=O)NC3CC4CCC3(C)C4(C)C)c(=O)c2cc1OC. The number of ether oxygens (including phenoxy) is 2. The molecule has 0 spiro atoms. The number of nitrogens with one attached hydrogen (secondary N) is 1. The second-order valence-corrected chi connectivity index (χ2v) is 9.80. The molecule has 7 nitrogen and oxygen atoms in total. The van der Waals surface area contributed by atoms with Gasteiger partial charge in [-0.3, -0.25) is 14.2 Å². The first-order chi connectivity index (χ1) is 14.7. The first kappa shape index (κ1) is 21.7. The van der Waals surface area contributed by atoms with Gasteiger partial charge in [-0.2, -0.15) is 0 Å². The summed E-state index contributed by atoms with van der Waals surface area (Å²) in [6, 6.07) is 3.61. The quantitative estimate of drug-likeness (QED) is 0.731. The molecule has 7 heteroatoms. The molecule has 3 atom stereocenters. The third-order valence-electron chi connectivity index (χ3n) is 8.26. The van der Waals surface area contributed by atoms with Crippen molar-refractivity contribution < 1.29 is 14.3 Å². The maximum Gasteiger partial charge on any atom is 0.261 e. The highest BCUT2D eigenvalue weighted by Gasteiger charge is 2.61. The van der Waals surface area contributed by atoms with Gasteiger partial charge in [0.05, 0.1) is 31.4 Å². The number of rotatable bonds is 7. The molecule has 0 saturated heterocycles. The summed E-state index contributed by atoms with van der Waals surface area (Å²) in [6.07, 6.45) is 6.05. The number of amides is 1. The number of aromatic nitrogens is 2. The van der Waals surface area contributed by atoms with E-state index in [4.69, 9.17) is 9.47 Å². The van der Waals surface area contributed by atoms with Crippen LogP contribution in [0, 0.1) is 16.7 Å². The molecule has 1 heterocycles. The van der Waals surface area contributed by atoms with E-state index < -0.39 is 0 Å². The Hall–Kier alpha value is -2.57. The maximum absolute atomic E-state index is 12.9. The van der Waals surface area contributed by atoms with Crippen LogP contribution in [-0.2, 0) is 11.3 Å². The Morgan fingerprint density at radius 2 is 1.94 bits per heavy atom. The van der Waals surface area contributed by atoms with Crippen LogP contribution >= 0.6 is 0 Å². The van der Waals surface area contributed by atoms with Crippen LogP contribution in [0.1, 0.15) is 52.9 Å². The van der Waals surface area contributed by atoms with Gasteiger partial charge in [0.2, 0.25) is 5.91 Å². The molecule has 2 saturated carbocycles. The van der Waals surface area contributed by atoms with E-state index >= 15 is 0 Å². The van der Waals surface area contributed by atoms with Crippen LogP contribution in [0.3, 0.4) is 0 Å². The molecule has 1 aromatic carbocycles. The number of aryl methyl sites for hydroxylation is 1. The molecule has 2 aliphatic carbocycles. The van der Waals surface area contributed by atoms with Crippen LogP contribution in [0.25, 0.3) is 10.9 Å². The van der Waals surface area contributed by atoms with Crippen molar-refractivity contribution in [3.05, 3.63) is 28.8 Å². The summed E-state index contributed by atoms with van der Waals surface area (Å²) in [5, 5.41) is 3.77. The molecule has 168 valence electrons. The van der Waals surface area contributed by atoms with Crippen molar-refractivity contribution in [1.29, 1.82) is 0 Å². The number of carbonyl (C=O) groups excluding carboxylic acids is 1. The van der Waals surface area contributed by atoms with Crippen LogP contribution in [-0.4, -0.2) is 35.7 Å². The van der Waals surface area contributed by atoms with E-state index in [-0.39, 0.29) is 28.3 Å². The highest BCUT2D eigenvalue weighted by atomic mass is 16.5. The van der Waals surface area contributed by atoms with Gasteiger partial charge in [-0.15, -0.1) is 0 Å². The summed E-state index contributed by atoms with van der Waals surface area (Å²) >= 11 is 0. The van der Waals surface area contributed by atoms with Gasteiger partial charge in [-0.1, -0.05) is 20.8 Å². The zero-order chi connectivity index (χ0) is 22.4. The van der Waals surface area contributed by atoms with Crippen molar-refractivity contribution in [2.45, 2.75) is 65.5 Å². The fraction of sp³-hybridized carbons (Fsp3) is 0.625. The summed E-state index contributed by atoms with van der Waals surface area (Å²) in [5.41, 5.74) is 0.864. The lowest BCUT2D eigenvalue weighted by molar-refractivity contribution is -0.123. The van der Waals surface area contributed by atoms with E-state index in [1.54, 1.807) is 23.8 Å². The van der Waals surface area contributed by atoms with E-state index in [1.807, 2.05) is 0 Å². The number of fused-ring (bicyclic) bond motifs is 3. The predicted molar refractivity (Wildman–Crippen MR) is 120 cm³/mol. The van der Waals surface area contributed by atoms with Gasteiger partial charge in [0.15, 0.2) is 11.5 Å². The minimum atomic E-state index is -0.145. The molecule has 2 fully saturated rings. The van der Waals surface area contributed by atoms with E-state index in [1.165, 1.54) is 26.3 Å². The Morgan fingerprint density at radius 3 is 2.55 bits per heavy atom. The van der Waals surface area contributed by atoms with Crippen molar-refractivity contribution in [1.82, 2.24) is 14.9 Å². The molecule has 3 unspecified atom stereocenters. The lowest BCUT2D eigenvalue weighted by Crippen LogP contribution is -2.46. The van der Waals surface area contributed by atoms with E-state index in [2.05, 4.69) is 31.1 Å². The standard InChI is InChI=1S/C24H33N3O4/c1-23(2)15-8-9-24(23,3)20(11-15)26-21(28)7-6-10-27-14-25-17-13-19(31-5)18(30-4)12-16(17)22(27)29/h12-15,20H,6-11H2,1-5H3,(H,26,28). The lowest BCUT2D eigenvalue weighted by atomic mass is 9.69. The molecule has 0 aliphatic heterocycles. The smallest absolute Gasteiger partial charge is 0.261 e. The zero-order valence-electron chi connectivity index (χ0n) is 19.2. The molecule has 0 radical (unpaired) electrons. The summed E-state index contributed by atoms with van der Waals surface area (Å²) < 4.78 is 12.1. The van der Waals surface area contributed by atoms with Gasteiger partial charge in [0, 0.05) is 25.1 Å². The number of carbonyl (C=O) groups is 1. The van der Waals surface area contributed by atoms with Crippen molar-refractivity contribution in [3.63, 3.8) is 0 Å². The molecule has 1 amide bonds. The van der Waals surface area contributed by atoms with Crippen molar-refractivity contribution in [2.24, 2.45) is 16.7 Å². The average Bonchev–Trinajstić information content (AvgIpc) is 3.08. The molecule has 1 N–H and O–H groups in total. The molecular weight excluding hydrogens is 394 g/mol. The topological polar surface area (TPSA) is 82.5 Å². The molecule has 31 heavy (non-hydrogen) atoms. The minimum absolute atomic E-state index is 0.0720. The van der Waals surface area contributed by atoms with Crippen molar-refractivity contribution in [3.8, 4) is 11.5 Å². The summed E-state index contributed by atoms with van der Waals surface area (Å²) in [4.78, 5) is 29.9. The van der Waals surface area contributed by atoms with Gasteiger partial charge in [-0.25, -0.2) is 4.98 Å². The Morgan fingerprint density at radius 1 is 1.23 bits per heavy atom. The summed E-state index contributed by atoms with van der Waals surface area (Å²) in [6.45, 7) is 7.47. The van der Waals surface area contributed by atoms with E-state index in [0.717, 1.165) is 6.42 Å². The molecule has 2 aliphatic rings. The van der Waals surface area contributed by atoms with Gasteiger partial charge >= 0.3 is 0 Å². The van der Waals surface area contributed by atoms with Gasteiger partial charge in [0.25, 0.3) is 5.56 Å². The third kappa shape index (κ3) is 3.48. The molecule has 2 aromatic rings. The van der Waals surface area contributed by atoms with E-state index in [0.29, 0.717) is 47.7 Å². The monoisotopic (exact) mass is 427 g/mol. The second kappa shape index (κ2) is 7.84. The van der Waals surface area contributed by atoms with E-state index in [9.17, 15) is 9.59 Å². The lowest BCUT2D eigenvalue weighted by Gasteiger charge is -2.39. The van der Waals surface area contributed by atoms with Crippen LogP contribution in [0.15, 0.2) is 23.3 Å². The number of nitrogens with zero attached hydrogens (tertiary/aromatic N) is 2. The second-order valence-electron chi connectivity index (χ2n) is 9.80. The highest BCUT2D eigenvalue weighted by molar-refractivity contribution is 5.81. The largest absolute Gasteiger partial charge is 0.493 e. The van der Waals surface area contributed by atoms with Gasteiger partial charge in [-0.05, 0) is 48.5 Å². The summed E-state index contributed by atoms with van der Waals surface area (Å²) in [5.74, 6) is 1.80.